The molecule has 0 unspecified atom stereocenters. The summed E-state index contributed by atoms with van der Waals surface area (Å²) in [5, 5.41) is 28.4. The van der Waals surface area contributed by atoms with Crippen molar-refractivity contribution in [1.82, 2.24) is 0 Å². The molecule has 0 radical (unpaired) electrons. The topological polar surface area (TPSA) is 77.8 Å². The van der Waals surface area contributed by atoms with Crippen LogP contribution in [0, 0.1) is 0 Å². The van der Waals surface area contributed by atoms with Crippen LogP contribution in [0.25, 0.3) is 0 Å². The van der Waals surface area contributed by atoms with E-state index in [0.717, 1.165) is 18.9 Å². The van der Waals surface area contributed by atoms with Crippen molar-refractivity contribution in [2.45, 2.75) is 40.0 Å². The van der Waals surface area contributed by atoms with E-state index in [0.29, 0.717) is 12.0 Å². The van der Waals surface area contributed by atoms with Crippen molar-refractivity contribution < 1.29 is 20.1 Å². The van der Waals surface area contributed by atoms with Crippen LogP contribution in [0.15, 0.2) is 35.4 Å². The van der Waals surface area contributed by atoms with Crippen LogP contribution < -0.4 is 0 Å². The highest BCUT2D eigenvalue weighted by Gasteiger charge is 2.13. The van der Waals surface area contributed by atoms with Crippen LogP contribution in [-0.2, 0) is 6.42 Å². The van der Waals surface area contributed by atoms with Gasteiger partial charge < -0.3 is 15.3 Å². The summed E-state index contributed by atoms with van der Waals surface area (Å²) < 4.78 is 0. The predicted molar refractivity (Wildman–Crippen MR) is 87.3 cm³/mol. The Labute approximate surface area is 131 Å². The summed E-state index contributed by atoms with van der Waals surface area (Å²) in [5.41, 5.74) is 3.07. The quantitative estimate of drug-likeness (QED) is 0.532. The zero-order valence-electron chi connectivity index (χ0n) is 13.4. The summed E-state index contributed by atoms with van der Waals surface area (Å²) >= 11 is 0. The summed E-state index contributed by atoms with van der Waals surface area (Å²) in [7, 11) is 0. The number of phenolic OH excluding ortho intramolecular Hbond substituents is 2. The minimum absolute atomic E-state index is 0.0332. The van der Waals surface area contributed by atoms with E-state index < -0.39 is 12.4 Å². The number of hydrogen-bond acceptors (Lipinski definition) is 4. The number of carbonyl (C=O) groups excluding carboxylic acids is 1. The molecule has 4 heteroatoms. The van der Waals surface area contributed by atoms with Crippen LogP contribution in [0.2, 0.25) is 0 Å². The van der Waals surface area contributed by atoms with Crippen molar-refractivity contribution in [1.29, 1.82) is 0 Å². The number of allylic oxidation sites excluding steroid dienone is 4. The summed E-state index contributed by atoms with van der Waals surface area (Å²) in [6.07, 6.45) is 6.55. The maximum absolute atomic E-state index is 11.5. The van der Waals surface area contributed by atoms with Crippen LogP contribution in [0.5, 0.6) is 11.5 Å². The molecule has 0 aromatic heterocycles. The molecule has 0 fully saturated rings. The predicted octanol–water partition coefficient (Wildman–Crippen LogP) is 3.51. The molecule has 1 aromatic rings. The monoisotopic (exact) mass is 304 g/mol. The molecule has 0 bridgehead atoms. The van der Waals surface area contributed by atoms with E-state index in [9.17, 15) is 15.0 Å². The van der Waals surface area contributed by atoms with Crippen LogP contribution in [0.1, 0.15) is 49.5 Å². The van der Waals surface area contributed by atoms with Gasteiger partial charge in [-0.05, 0) is 51.7 Å². The van der Waals surface area contributed by atoms with Crippen molar-refractivity contribution in [3.05, 3.63) is 46.6 Å². The average Bonchev–Trinajstić information content (AvgIpc) is 2.45. The third kappa shape index (κ3) is 5.37. The molecule has 0 heterocycles. The molecule has 0 spiro atoms. The summed E-state index contributed by atoms with van der Waals surface area (Å²) in [5.74, 6) is -0.937. The Morgan fingerprint density at radius 3 is 2.36 bits per heavy atom. The minimum atomic E-state index is -0.671. The van der Waals surface area contributed by atoms with E-state index in [1.54, 1.807) is 0 Å². The molecule has 0 aliphatic heterocycles. The Kier molecular flexibility index (Phi) is 6.86. The normalized spacial score (nSPS) is 11.4. The Bertz CT molecular complexity index is 593. The SMILES string of the molecule is CC(C)=CCCC(C)=CCc1cc(C(=O)CO)c(O)cc1O. The fraction of sp³-hybridized carbons (Fsp3) is 0.389. The number of aromatic hydroxyl groups is 2. The smallest absolute Gasteiger partial charge is 0.191 e. The lowest BCUT2D eigenvalue weighted by Crippen LogP contribution is -2.05. The molecule has 1 rings (SSSR count). The summed E-state index contributed by atoms with van der Waals surface area (Å²) in [6, 6.07) is 2.58. The molecule has 22 heavy (non-hydrogen) atoms. The summed E-state index contributed by atoms with van der Waals surface area (Å²) in [4.78, 5) is 11.5. The molecule has 0 saturated carbocycles. The third-order valence-electron chi connectivity index (χ3n) is 3.40. The van der Waals surface area contributed by atoms with Crippen LogP contribution >= 0.6 is 0 Å². The number of hydrogen-bond donors (Lipinski definition) is 3. The number of benzene rings is 1. The average molecular weight is 304 g/mol. The Balaban J connectivity index is 2.84. The van der Waals surface area contributed by atoms with E-state index in [2.05, 4.69) is 19.9 Å². The number of carbonyl (C=O) groups is 1. The fourth-order valence-corrected chi connectivity index (χ4v) is 2.07. The second kappa shape index (κ2) is 8.39. The van der Waals surface area contributed by atoms with Crippen molar-refractivity contribution >= 4 is 5.78 Å². The van der Waals surface area contributed by atoms with E-state index in [1.807, 2.05) is 13.0 Å². The second-order valence-electron chi connectivity index (χ2n) is 5.65. The zero-order valence-corrected chi connectivity index (χ0v) is 13.4. The van der Waals surface area contributed by atoms with Gasteiger partial charge >= 0.3 is 0 Å². The van der Waals surface area contributed by atoms with E-state index in [1.165, 1.54) is 17.2 Å². The number of rotatable bonds is 7. The van der Waals surface area contributed by atoms with Gasteiger partial charge in [-0.3, -0.25) is 4.79 Å². The number of ketones is 1. The fourth-order valence-electron chi connectivity index (χ4n) is 2.07. The second-order valence-corrected chi connectivity index (χ2v) is 5.65. The lowest BCUT2D eigenvalue weighted by molar-refractivity contribution is 0.0901. The zero-order chi connectivity index (χ0) is 16.7. The van der Waals surface area contributed by atoms with Crippen molar-refractivity contribution in [2.24, 2.45) is 0 Å². The standard InChI is InChI=1S/C18H24O4/c1-12(2)5-4-6-13(3)7-8-14-9-15(18(22)11-19)17(21)10-16(14)20/h5,7,9-10,19-21H,4,6,8,11H2,1-3H3. The first-order valence-electron chi connectivity index (χ1n) is 7.33. The first-order valence-corrected chi connectivity index (χ1v) is 7.33. The lowest BCUT2D eigenvalue weighted by atomic mass is 10.0. The van der Waals surface area contributed by atoms with Crippen molar-refractivity contribution in [3.8, 4) is 11.5 Å². The number of aliphatic hydroxyl groups is 1. The number of phenols is 2. The lowest BCUT2D eigenvalue weighted by Gasteiger charge is -2.08. The maximum atomic E-state index is 11.5. The summed E-state index contributed by atoms with van der Waals surface area (Å²) in [6.45, 7) is 5.48. The third-order valence-corrected chi connectivity index (χ3v) is 3.40. The van der Waals surface area contributed by atoms with Gasteiger partial charge in [-0.15, -0.1) is 0 Å². The van der Waals surface area contributed by atoms with Gasteiger partial charge in [0.2, 0.25) is 0 Å². The highest BCUT2D eigenvalue weighted by Crippen LogP contribution is 2.28. The molecule has 1 aromatic carbocycles. The Hall–Kier alpha value is -2.07. The molecule has 0 aliphatic rings. The van der Waals surface area contributed by atoms with E-state index in [4.69, 9.17) is 5.11 Å². The Morgan fingerprint density at radius 1 is 1.09 bits per heavy atom. The van der Waals surface area contributed by atoms with Gasteiger partial charge in [0.05, 0.1) is 5.56 Å². The van der Waals surface area contributed by atoms with Gasteiger partial charge in [0, 0.05) is 6.07 Å². The molecular weight excluding hydrogens is 280 g/mol. The van der Waals surface area contributed by atoms with Crippen molar-refractivity contribution in [2.75, 3.05) is 6.61 Å². The molecule has 0 saturated heterocycles. The molecular formula is C18H24O4. The molecule has 0 atom stereocenters. The minimum Gasteiger partial charge on any atom is -0.508 e. The van der Waals surface area contributed by atoms with Gasteiger partial charge in [-0.2, -0.15) is 0 Å². The van der Waals surface area contributed by atoms with E-state index in [-0.39, 0.29) is 17.1 Å². The van der Waals surface area contributed by atoms with Gasteiger partial charge in [-0.25, -0.2) is 0 Å². The number of Topliss-reactive ketones (excluding diaryl/α,β-unsaturated/α-hetero) is 1. The highest BCUT2D eigenvalue weighted by molar-refractivity contribution is 5.99. The molecule has 120 valence electrons. The molecule has 0 aliphatic carbocycles. The molecule has 4 nitrogen and oxygen atoms in total. The van der Waals surface area contributed by atoms with Crippen LogP contribution in [0.4, 0.5) is 0 Å². The molecule has 0 amide bonds. The van der Waals surface area contributed by atoms with Crippen LogP contribution in [0.3, 0.4) is 0 Å². The molecule has 3 N–H and O–H groups in total. The van der Waals surface area contributed by atoms with Gasteiger partial charge in [0.15, 0.2) is 5.78 Å². The van der Waals surface area contributed by atoms with Gasteiger partial charge in [-0.1, -0.05) is 23.3 Å². The van der Waals surface area contributed by atoms with Gasteiger partial charge in [0.25, 0.3) is 0 Å². The Morgan fingerprint density at radius 2 is 1.77 bits per heavy atom. The number of aliphatic hydroxyl groups excluding tert-OH is 1. The largest absolute Gasteiger partial charge is 0.508 e. The first-order chi connectivity index (χ1) is 10.3. The van der Waals surface area contributed by atoms with Gasteiger partial charge in [0.1, 0.15) is 18.1 Å². The maximum Gasteiger partial charge on any atom is 0.191 e. The first kappa shape index (κ1) is 18.0. The van der Waals surface area contributed by atoms with Crippen molar-refractivity contribution in [3.63, 3.8) is 0 Å². The highest BCUT2D eigenvalue weighted by atomic mass is 16.3. The van der Waals surface area contributed by atoms with Crippen LogP contribution in [-0.4, -0.2) is 27.7 Å². The van der Waals surface area contributed by atoms with E-state index >= 15 is 0 Å².